The maximum atomic E-state index is 13.3. The lowest BCUT2D eigenvalue weighted by Gasteiger charge is -2.14. The van der Waals surface area contributed by atoms with Crippen molar-refractivity contribution in [3.8, 4) is 11.3 Å². The highest BCUT2D eigenvalue weighted by Gasteiger charge is 2.30. The second-order valence-electron chi connectivity index (χ2n) is 6.51. The molecule has 3 aromatic rings. The van der Waals surface area contributed by atoms with Crippen molar-refractivity contribution in [2.75, 3.05) is 4.72 Å². The molecule has 2 aromatic heterocycles. The molecule has 0 unspecified atom stereocenters. The third-order valence-electron chi connectivity index (χ3n) is 4.58. The van der Waals surface area contributed by atoms with E-state index in [0.717, 1.165) is 32.1 Å². The van der Waals surface area contributed by atoms with Gasteiger partial charge in [-0.3, -0.25) is 4.72 Å². The molecule has 0 atom stereocenters. The van der Waals surface area contributed by atoms with Crippen molar-refractivity contribution in [2.24, 2.45) is 0 Å². The molecular formula is C19H22N2O3S2. The molecule has 0 aliphatic heterocycles. The van der Waals surface area contributed by atoms with Crippen LogP contribution in [0.3, 0.4) is 0 Å². The molecule has 0 saturated heterocycles. The summed E-state index contributed by atoms with van der Waals surface area (Å²) in [4.78, 5) is 1.88. The fraction of sp³-hybridized carbons (Fsp3) is 0.316. The van der Waals surface area contributed by atoms with Gasteiger partial charge < -0.3 is 4.52 Å². The van der Waals surface area contributed by atoms with E-state index >= 15 is 0 Å². The van der Waals surface area contributed by atoms with Gasteiger partial charge in [0.05, 0.1) is 16.9 Å². The summed E-state index contributed by atoms with van der Waals surface area (Å²) in [5.41, 5.74) is 4.60. The van der Waals surface area contributed by atoms with E-state index < -0.39 is 10.0 Å². The lowest BCUT2D eigenvalue weighted by molar-refractivity contribution is 0.426. The van der Waals surface area contributed by atoms with Crippen LogP contribution in [0.15, 0.2) is 27.6 Å². The molecule has 0 saturated carbocycles. The topological polar surface area (TPSA) is 72.2 Å². The van der Waals surface area contributed by atoms with Gasteiger partial charge in [0.15, 0.2) is 5.76 Å². The molecule has 1 N–H and O–H groups in total. The Labute approximate surface area is 158 Å². The minimum Gasteiger partial charge on any atom is -0.356 e. The van der Waals surface area contributed by atoms with Gasteiger partial charge in [-0.05, 0) is 52.7 Å². The average molecular weight is 391 g/mol. The summed E-state index contributed by atoms with van der Waals surface area (Å²) >= 11 is 1.45. The fourth-order valence-corrected chi connectivity index (χ4v) is 6.11. The van der Waals surface area contributed by atoms with Gasteiger partial charge in [0.2, 0.25) is 0 Å². The first-order valence-electron chi connectivity index (χ1n) is 8.25. The summed E-state index contributed by atoms with van der Waals surface area (Å²) in [6.45, 7) is 11.2. The van der Waals surface area contributed by atoms with Gasteiger partial charge in [0, 0.05) is 15.3 Å². The largest absolute Gasteiger partial charge is 0.356 e. The Balaban J connectivity index is 2.19. The van der Waals surface area contributed by atoms with Crippen molar-refractivity contribution >= 4 is 27.0 Å². The number of rotatable bonds is 4. The normalized spacial score (nSPS) is 11.8. The molecule has 0 bridgehead atoms. The fourth-order valence-electron chi connectivity index (χ4n) is 3.06. The van der Waals surface area contributed by atoms with E-state index in [1.807, 2.05) is 59.7 Å². The zero-order chi connectivity index (χ0) is 19.2. The molecule has 26 heavy (non-hydrogen) atoms. The minimum absolute atomic E-state index is 0.266. The number of thiophene rings is 1. The van der Waals surface area contributed by atoms with Crippen molar-refractivity contribution in [3.63, 3.8) is 0 Å². The molecule has 138 valence electrons. The first-order chi connectivity index (χ1) is 12.1. The molecule has 0 aliphatic carbocycles. The number of nitrogens with one attached hydrogen (secondary N) is 1. The second kappa shape index (κ2) is 6.55. The van der Waals surface area contributed by atoms with Gasteiger partial charge in [-0.2, -0.15) is 0 Å². The maximum Gasteiger partial charge on any atom is 0.263 e. The van der Waals surface area contributed by atoms with Crippen LogP contribution in [0.4, 0.5) is 5.69 Å². The zero-order valence-corrected chi connectivity index (χ0v) is 17.4. The van der Waals surface area contributed by atoms with E-state index in [9.17, 15) is 8.42 Å². The van der Waals surface area contributed by atoms with Crippen LogP contribution in [-0.2, 0) is 10.0 Å². The molecule has 2 heterocycles. The molecule has 0 aliphatic rings. The average Bonchev–Trinajstić information content (AvgIpc) is 3.03. The smallest absolute Gasteiger partial charge is 0.263 e. The highest BCUT2D eigenvalue weighted by molar-refractivity contribution is 7.93. The Bertz CT molecular complexity index is 1070. The molecule has 0 spiro atoms. The van der Waals surface area contributed by atoms with Crippen molar-refractivity contribution in [1.82, 2.24) is 5.16 Å². The highest BCUT2D eigenvalue weighted by Crippen LogP contribution is 2.41. The van der Waals surface area contributed by atoms with E-state index in [1.54, 1.807) is 0 Å². The van der Waals surface area contributed by atoms with Crippen LogP contribution in [0.5, 0.6) is 0 Å². The van der Waals surface area contributed by atoms with Crippen LogP contribution in [0, 0.1) is 41.5 Å². The number of hydrogen-bond donors (Lipinski definition) is 1. The summed E-state index contributed by atoms with van der Waals surface area (Å²) in [6.07, 6.45) is 0. The number of aryl methyl sites for hydroxylation is 5. The number of benzene rings is 1. The predicted molar refractivity (Wildman–Crippen MR) is 105 cm³/mol. The van der Waals surface area contributed by atoms with Crippen molar-refractivity contribution < 1.29 is 12.9 Å². The van der Waals surface area contributed by atoms with Gasteiger partial charge in [-0.25, -0.2) is 8.42 Å². The molecule has 0 radical (unpaired) electrons. The summed E-state index contributed by atoms with van der Waals surface area (Å²) in [5.74, 6) is 0.520. The summed E-state index contributed by atoms with van der Waals surface area (Å²) in [5, 5.41) is 3.99. The number of aromatic nitrogens is 1. The number of hydrogen-bond acceptors (Lipinski definition) is 5. The lowest BCUT2D eigenvalue weighted by atomic mass is 10.1. The third-order valence-corrected chi connectivity index (χ3v) is 7.25. The molecule has 5 nitrogen and oxygen atoms in total. The molecule has 0 amide bonds. The predicted octanol–water partition coefficient (Wildman–Crippen LogP) is 5.05. The third kappa shape index (κ3) is 3.05. The van der Waals surface area contributed by atoms with Crippen molar-refractivity contribution in [2.45, 2.75) is 46.4 Å². The SMILES string of the molecule is Cc1cccc(C)c1NS(=O)(=O)c1c(C)sc(C)c1-c1onc(C)c1C. The van der Waals surface area contributed by atoms with E-state index in [0.29, 0.717) is 17.0 Å². The van der Waals surface area contributed by atoms with Crippen LogP contribution < -0.4 is 4.72 Å². The van der Waals surface area contributed by atoms with Crippen LogP contribution in [0.25, 0.3) is 11.3 Å². The standard InChI is InChI=1S/C19H22N2O3S2/c1-10-8-7-9-11(2)17(10)21-26(22,23)19-15(6)25-14(5)16(19)18-12(3)13(4)20-24-18/h7-9,21H,1-6H3. The van der Waals surface area contributed by atoms with Crippen LogP contribution in [0.1, 0.15) is 32.1 Å². The van der Waals surface area contributed by atoms with Gasteiger partial charge in [0.1, 0.15) is 4.90 Å². The molecule has 1 aromatic carbocycles. The van der Waals surface area contributed by atoms with E-state index in [4.69, 9.17) is 4.52 Å². The van der Waals surface area contributed by atoms with Crippen LogP contribution >= 0.6 is 11.3 Å². The Morgan fingerprint density at radius 1 is 1.00 bits per heavy atom. The highest BCUT2D eigenvalue weighted by atomic mass is 32.2. The van der Waals surface area contributed by atoms with Crippen molar-refractivity contribution in [1.29, 1.82) is 0 Å². The van der Waals surface area contributed by atoms with Crippen LogP contribution in [0.2, 0.25) is 0 Å². The van der Waals surface area contributed by atoms with Gasteiger partial charge in [-0.1, -0.05) is 23.4 Å². The van der Waals surface area contributed by atoms with E-state index in [1.165, 1.54) is 11.3 Å². The van der Waals surface area contributed by atoms with Crippen molar-refractivity contribution in [3.05, 3.63) is 50.3 Å². The number of sulfonamides is 1. The minimum atomic E-state index is -3.78. The number of nitrogens with zero attached hydrogens (tertiary/aromatic N) is 1. The summed E-state index contributed by atoms with van der Waals surface area (Å²) in [6, 6.07) is 5.69. The molecular weight excluding hydrogens is 368 g/mol. The second-order valence-corrected chi connectivity index (χ2v) is 9.56. The monoisotopic (exact) mass is 390 g/mol. The molecule has 0 fully saturated rings. The first-order valence-corrected chi connectivity index (χ1v) is 10.6. The molecule has 3 rings (SSSR count). The summed E-state index contributed by atoms with van der Waals surface area (Å²) in [7, 11) is -3.78. The number of anilines is 1. The first kappa shape index (κ1) is 18.7. The molecule has 7 heteroatoms. The lowest BCUT2D eigenvalue weighted by Crippen LogP contribution is -2.16. The summed E-state index contributed by atoms with van der Waals surface area (Å²) < 4.78 is 34.8. The van der Waals surface area contributed by atoms with Gasteiger partial charge in [-0.15, -0.1) is 11.3 Å². The van der Waals surface area contributed by atoms with Gasteiger partial charge >= 0.3 is 0 Å². The Kier molecular flexibility index (Phi) is 4.71. The maximum absolute atomic E-state index is 13.3. The van der Waals surface area contributed by atoms with E-state index in [2.05, 4.69) is 9.88 Å². The zero-order valence-electron chi connectivity index (χ0n) is 15.7. The van der Waals surface area contributed by atoms with Crippen LogP contribution in [-0.4, -0.2) is 13.6 Å². The van der Waals surface area contributed by atoms with E-state index in [-0.39, 0.29) is 4.90 Å². The Morgan fingerprint density at radius 2 is 1.62 bits per heavy atom. The Morgan fingerprint density at radius 3 is 2.15 bits per heavy atom. The Hall–Kier alpha value is -2.12. The van der Waals surface area contributed by atoms with Gasteiger partial charge in [0.25, 0.3) is 10.0 Å². The quantitative estimate of drug-likeness (QED) is 0.676. The number of para-hydroxylation sites is 1.